The minimum absolute atomic E-state index is 0.302. The van der Waals surface area contributed by atoms with Crippen LogP contribution >= 0.6 is 23.5 Å². The first-order chi connectivity index (χ1) is 8.05. The van der Waals surface area contributed by atoms with Crippen molar-refractivity contribution in [3.63, 3.8) is 0 Å². The van der Waals surface area contributed by atoms with Crippen molar-refractivity contribution in [3.8, 4) is 0 Å². The van der Waals surface area contributed by atoms with Crippen molar-refractivity contribution in [2.24, 2.45) is 10.4 Å². The summed E-state index contributed by atoms with van der Waals surface area (Å²) in [5.41, 5.74) is 0.302. The molecule has 1 N–H and O–H groups in total. The molecule has 2 rings (SSSR count). The highest BCUT2D eigenvalue weighted by molar-refractivity contribution is 8.13. The zero-order chi connectivity index (χ0) is 12.3. The molecule has 0 radical (unpaired) electrons. The Morgan fingerprint density at radius 2 is 1.82 bits per heavy atom. The molecule has 2 aliphatic rings. The molecule has 1 fully saturated rings. The molecule has 0 aliphatic carbocycles. The highest BCUT2D eigenvalue weighted by Crippen LogP contribution is 2.30. The van der Waals surface area contributed by atoms with E-state index in [1.54, 1.807) is 0 Å². The van der Waals surface area contributed by atoms with Crippen molar-refractivity contribution in [2.45, 2.75) is 52.1 Å². The lowest BCUT2D eigenvalue weighted by Crippen LogP contribution is -2.39. The minimum atomic E-state index is 0.302. The molecule has 0 amide bonds. The van der Waals surface area contributed by atoms with Crippen molar-refractivity contribution in [2.75, 3.05) is 17.3 Å². The van der Waals surface area contributed by atoms with Gasteiger partial charge in [-0.05, 0) is 36.2 Å². The number of thioether (sulfide) groups is 2. The monoisotopic (exact) mass is 272 g/mol. The highest BCUT2D eigenvalue weighted by Gasteiger charge is 2.28. The van der Waals surface area contributed by atoms with Crippen LogP contribution in [0.25, 0.3) is 0 Å². The van der Waals surface area contributed by atoms with E-state index in [4.69, 9.17) is 4.99 Å². The van der Waals surface area contributed by atoms with Crippen LogP contribution < -0.4 is 5.32 Å². The Morgan fingerprint density at radius 3 is 2.47 bits per heavy atom. The summed E-state index contributed by atoms with van der Waals surface area (Å²) in [5.74, 6) is 3.83. The van der Waals surface area contributed by atoms with E-state index in [9.17, 15) is 0 Å². The smallest absolute Gasteiger partial charge is 0.157 e. The van der Waals surface area contributed by atoms with Gasteiger partial charge in [-0.1, -0.05) is 32.5 Å². The summed E-state index contributed by atoms with van der Waals surface area (Å²) in [4.78, 5) is 4.91. The third-order valence-electron chi connectivity index (χ3n) is 3.45. The van der Waals surface area contributed by atoms with Gasteiger partial charge in [0.05, 0.1) is 6.04 Å². The third-order valence-corrected chi connectivity index (χ3v) is 5.44. The van der Waals surface area contributed by atoms with Crippen LogP contribution in [0.3, 0.4) is 0 Å². The standard InChI is InChI=1S/C13H24N2S2/c1-13(2,3)11-6-9-17-12(15-11)14-10-4-7-16-8-5-10/h10-11H,4-9H2,1-3H3,(H,14,15). The van der Waals surface area contributed by atoms with Crippen molar-refractivity contribution < 1.29 is 0 Å². The molecule has 0 aromatic heterocycles. The molecule has 0 spiro atoms. The Morgan fingerprint density at radius 1 is 1.12 bits per heavy atom. The zero-order valence-electron chi connectivity index (χ0n) is 11.2. The molecule has 0 bridgehead atoms. The maximum atomic E-state index is 4.91. The third kappa shape index (κ3) is 4.09. The van der Waals surface area contributed by atoms with Gasteiger partial charge in [-0.2, -0.15) is 11.8 Å². The van der Waals surface area contributed by atoms with E-state index in [0.717, 1.165) is 0 Å². The fourth-order valence-electron chi connectivity index (χ4n) is 2.23. The molecular weight excluding hydrogens is 248 g/mol. The maximum Gasteiger partial charge on any atom is 0.157 e. The van der Waals surface area contributed by atoms with E-state index in [1.165, 1.54) is 41.7 Å². The summed E-state index contributed by atoms with van der Waals surface area (Å²) in [6.45, 7) is 6.89. The number of hydrogen-bond donors (Lipinski definition) is 1. The van der Waals surface area contributed by atoms with Gasteiger partial charge in [0.15, 0.2) is 5.17 Å². The van der Waals surface area contributed by atoms with Crippen molar-refractivity contribution in [1.29, 1.82) is 0 Å². The second-order valence-electron chi connectivity index (χ2n) is 5.98. The van der Waals surface area contributed by atoms with Crippen molar-refractivity contribution in [3.05, 3.63) is 0 Å². The fraction of sp³-hybridized carbons (Fsp3) is 0.923. The Kier molecular flexibility index (Phi) is 4.70. The lowest BCUT2D eigenvalue weighted by Gasteiger charge is -2.32. The predicted octanol–water partition coefficient (Wildman–Crippen LogP) is 3.38. The number of hydrogen-bond acceptors (Lipinski definition) is 4. The molecule has 1 saturated heterocycles. The van der Waals surface area contributed by atoms with E-state index in [2.05, 4.69) is 37.8 Å². The molecule has 1 unspecified atom stereocenters. The van der Waals surface area contributed by atoms with Gasteiger partial charge in [-0.25, -0.2) is 0 Å². The lowest BCUT2D eigenvalue weighted by molar-refractivity contribution is 0.315. The number of amidine groups is 1. The summed E-state index contributed by atoms with van der Waals surface area (Å²) in [5, 5.41) is 4.86. The quantitative estimate of drug-likeness (QED) is 0.792. The Labute approximate surface area is 114 Å². The molecule has 0 saturated carbocycles. The van der Waals surface area contributed by atoms with Crippen LogP contribution in [-0.4, -0.2) is 34.5 Å². The number of nitrogens with one attached hydrogen (secondary N) is 1. The summed E-state index contributed by atoms with van der Waals surface area (Å²) >= 11 is 3.99. The lowest BCUT2D eigenvalue weighted by atomic mass is 9.85. The number of aliphatic imine (C=N–C) groups is 1. The Hall–Kier alpha value is 0.170. The number of rotatable bonds is 1. The largest absolute Gasteiger partial charge is 0.362 e. The summed E-state index contributed by atoms with van der Waals surface area (Å²) < 4.78 is 0. The molecule has 17 heavy (non-hydrogen) atoms. The van der Waals surface area contributed by atoms with Gasteiger partial charge in [0.2, 0.25) is 0 Å². The average molecular weight is 272 g/mol. The van der Waals surface area contributed by atoms with Gasteiger partial charge in [0.1, 0.15) is 0 Å². The van der Waals surface area contributed by atoms with Crippen LogP contribution in [0.5, 0.6) is 0 Å². The first kappa shape index (κ1) is 13.6. The van der Waals surface area contributed by atoms with Crippen LogP contribution in [0, 0.1) is 5.41 Å². The first-order valence-corrected chi connectivity index (χ1v) is 8.74. The molecule has 98 valence electrons. The van der Waals surface area contributed by atoms with Crippen LogP contribution in [0.1, 0.15) is 40.0 Å². The maximum absolute atomic E-state index is 4.91. The highest BCUT2D eigenvalue weighted by atomic mass is 32.2. The molecule has 0 aromatic rings. The van der Waals surface area contributed by atoms with E-state index < -0.39 is 0 Å². The van der Waals surface area contributed by atoms with Gasteiger partial charge < -0.3 is 5.32 Å². The predicted molar refractivity (Wildman–Crippen MR) is 81.2 cm³/mol. The summed E-state index contributed by atoms with van der Waals surface area (Å²) in [6.07, 6.45) is 3.81. The van der Waals surface area contributed by atoms with Crippen molar-refractivity contribution in [1.82, 2.24) is 5.32 Å². The molecule has 2 nitrogen and oxygen atoms in total. The van der Waals surface area contributed by atoms with E-state index in [1.807, 2.05) is 11.8 Å². The molecular formula is C13H24N2S2. The van der Waals surface area contributed by atoms with Crippen LogP contribution in [0.4, 0.5) is 0 Å². The zero-order valence-corrected chi connectivity index (χ0v) is 12.8. The molecule has 2 heterocycles. The molecule has 1 atom stereocenters. The Bertz CT molecular complexity index is 278. The van der Waals surface area contributed by atoms with Gasteiger partial charge in [-0.15, -0.1) is 0 Å². The van der Waals surface area contributed by atoms with Crippen LogP contribution in [0.2, 0.25) is 0 Å². The summed E-state index contributed by atoms with van der Waals surface area (Å²) in [7, 11) is 0. The van der Waals surface area contributed by atoms with Crippen molar-refractivity contribution >= 4 is 28.7 Å². The minimum Gasteiger partial charge on any atom is -0.362 e. The molecule has 4 heteroatoms. The Balaban J connectivity index is 1.93. The SMILES string of the molecule is CC(C)(C)C1CCSC(NC2CCSCC2)=N1. The van der Waals surface area contributed by atoms with Crippen LogP contribution in [0.15, 0.2) is 4.99 Å². The van der Waals surface area contributed by atoms with E-state index in [-0.39, 0.29) is 0 Å². The first-order valence-electron chi connectivity index (χ1n) is 6.60. The van der Waals surface area contributed by atoms with Gasteiger partial charge >= 0.3 is 0 Å². The van der Waals surface area contributed by atoms with Gasteiger partial charge in [0.25, 0.3) is 0 Å². The molecule has 2 aliphatic heterocycles. The fourth-order valence-corrected chi connectivity index (χ4v) is 4.33. The molecule has 0 aromatic carbocycles. The second-order valence-corrected chi connectivity index (χ2v) is 8.29. The topological polar surface area (TPSA) is 24.4 Å². The van der Waals surface area contributed by atoms with E-state index >= 15 is 0 Å². The average Bonchev–Trinajstić information content (AvgIpc) is 2.29. The normalized spacial score (nSPS) is 27.7. The second kappa shape index (κ2) is 5.87. The number of nitrogens with zero attached hydrogens (tertiary/aromatic N) is 1. The van der Waals surface area contributed by atoms with Crippen LogP contribution in [-0.2, 0) is 0 Å². The van der Waals surface area contributed by atoms with Gasteiger partial charge in [0, 0.05) is 11.8 Å². The summed E-state index contributed by atoms with van der Waals surface area (Å²) in [6, 6.07) is 1.16. The van der Waals surface area contributed by atoms with Gasteiger partial charge in [-0.3, -0.25) is 4.99 Å². The van der Waals surface area contributed by atoms with E-state index in [0.29, 0.717) is 17.5 Å².